The number of aryl methyl sites for hydroxylation is 1. The minimum Gasteiger partial charge on any atom is -0.496 e. The molecule has 2 aromatic heterocycles. The first-order chi connectivity index (χ1) is 17.0. The Kier molecular flexibility index (Phi) is 7.60. The van der Waals surface area contributed by atoms with Gasteiger partial charge in [0.15, 0.2) is 0 Å². The molecule has 0 aliphatic carbocycles. The minimum atomic E-state index is -0.660. The van der Waals surface area contributed by atoms with E-state index in [9.17, 15) is 9.59 Å². The van der Waals surface area contributed by atoms with Gasteiger partial charge in [0, 0.05) is 49.0 Å². The number of rotatable bonds is 9. The molecule has 10 heteroatoms. The first kappa shape index (κ1) is 24.6. The van der Waals surface area contributed by atoms with Crippen molar-refractivity contribution >= 4 is 28.7 Å². The highest BCUT2D eigenvalue weighted by Gasteiger charge is 2.32. The number of furan rings is 1. The van der Waals surface area contributed by atoms with E-state index in [2.05, 4.69) is 5.10 Å². The van der Waals surface area contributed by atoms with E-state index in [1.165, 1.54) is 4.90 Å². The molecule has 10 nitrogen and oxygen atoms in total. The van der Waals surface area contributed by atoms with Crippen molar-refractivity contribution in [1.29, 1.82) is 0 Å². The van der Waals surface area contributed by atoms with Crippen LogP contribution >= 0.6 is 0 Å². The van der Waals surface area contributed by atoms with Gasteiger partial charge in [0.1, 0.15) is 17.0 Å². The number of carbonyl (C=O) groups excluding carboxylic acids is 2. The van der Waals surface area contributed by atoms with Crippen molar-refractivity contribution in [3.05, 3.63) is 30.3 Å². The molecule has 1 aliphatic heterocycles. The molecule has 1 aromatic carbocycles. The van der Waals surface area contributed by atoms with Crippen LogP contribution in [0.3, 0.4) is 0 Å². The summed E-state index contributed by atoms with van der Waals surface area (Å²) in [6.07, 6.45) is 5.56. The molecule has 0 unspecified atom stereocenters. The van der Waals surface area contributed by atoms with E-state index in [0.29, 0.717) is 42.0 Å². The second kappa shape index (κ2) is 10.8. The highest BCUT2D eigenvalue weighted by atomic mass is 16.6. The van der Waals surface area contributed by atoms with Gasteiger partial charge >= 0.3 is 12.1 Å². The Morgan fingerprint density at radius 2 is 2.03 bits per heavy atom. The fourth-order valence-electron chi connectivity index (χ4n) is 4.31. The van der Waals surface area contributed by atoms with Crippen LogP contribution in [0.2, 0.25) is 0 Å². The summed E-state index contributed by atoms with van der Waals surface area (Å²) in [4.78, 5) is 27.5. The maximum Gasteiger partial charge on any atom is 0.414 e. The van der Waals surface area contributed by atoms with Crippen molar-refractivity contribution in [3.8, 4) is 16.9 Å². The van der Waals surface area contributed by atoms with Crippen LogP contribution in [0.1, 0.15) is 43.7 Å². The lowest BCUT2D eigenvalue weighted by atomic mass is 10.0. The average Bonchev–Trinajstić information content (AvgIpc) is 3.59. The summed E-state index contributed by atoms with van der Waals surface area (Å²) >= 11 is 0. The molecular formula is C25H31N3O7. The molecule has 1 atom stereocenters. The van der Waals surface area contributed by atoms with Gasteiger partial charge in [-0.1, -0.05) is 0 Å². The molecule has 188 valence electrons. The third kappa shape index (κ3) is 5.12. The third-order valence-electron chi connectivity index (χ3n) is 5.92. The predicted molar refractivity (Wildman–Crippen MR) is 129 cm³/mol. The molecule has 1 saturated heterocycles. The molecule has 1 fully saturated rings. The fraction of sp³-hybridized carbons (Fsp3) is 0.480. The van der Waals surface area contributed by atoms with Gasteiger partial charge in [-0.05, 0) is 39.2 Å². The van der Waals surface area contributed by atoms with Crippen molar-refractivity contribution < 1.29 is 33.0 Å². The van der Waals surface area contributed by atoms with Gasteiger partial charge in [-0.15, -0.1) is 0 Å². The number of nitrogens with zero attached hydrogens (tertiary/aromatic N) is 3. The Hall–Kier alpha value is -3.53. The Morgan fingerprint density at radius 1 is 1.23 bits per heavy atom. The number of carbonyl (C=O) groups is 2. The zero-order chi connectivity index (χ0) is 24.9. The Morgan fingerprint density at radius 3 is 2.66 bits per heavy atom. The van der Waals surface area contributed by atoms with Crippen LogP contribution in [0.4, 0.5) is 10.5 Å². The van der Waals surface area contributed by atoms with Gasteiger partial charge in [-0.2, -0.15) is 5.10 Å². The Bertz CT molecular complexity index is 1190. The van der Waals surface area contributed by atoms with Crippen molar-refractivity contribution in [2.24, 2.45) is 7.05 Å². The van der Waals surface area contributed by atoms with Gasteiger partial charge in [-0.3, -0.25) is 9.58 Å². The van der Waals surface area contributed by atoms with Crippen LogP contribution in [-0.2, 0) is 21.3 Å². The van der Waals surface area contributed by atoms with Gasteiger partial charge in [0.2, 0.25) is 5.76 Å². The van der Waals surface area contributed by atoms with Crippen LogP contribution < -0.4 is 9.64 Å². The number of esters is 1. The molecule has 4 rings (SSSR count). The van der Waals surface area contributed by atoms with Crippen molar-refractivity contribution in [1.82, 2.24) is 9.78 Å². The van der Waals surface area contributed by atoms with Crippen LogP contribution in [0.25, 0.3) is 22.1 Å². The van der Waals surface area contributed by atoms with Crippen LogP contribution in [0, 0.1) is 0 Å². The number of methoxy groups -OCH3 is 1. The van der Waals surface area contributed by atoms with Crippen LogP contribution in [-0.4, -0.2) is 61.4 Å². The number of aromatic nitrogens is 2. The number of hydrogen-bond acceptors (Lipinski definition) is 8. The molecule has 1 aliphatic rings. The smallest absolute Gasteiger partial charge is 0.414 e. The summed E-state index contributed by atoms with van der Waals surface area (Å²) < 4.78 is 29.6. The van der Waals surface area contributed by atoms with E-state index in [1.807, 2.05) is 19.3 Å². The summed E-state index contributed by atoms with van der Waals surface area (Å²) in [6, 6.07) is 3.54. The maximum atomic E-state index is 13.1. The van der Waals surface area contributed by atoms with Gasteiger partial charge in [0.25, 0.3) is 0 Å². The Labute approximate surface area is 203 Å². The summed E-state index contributed by atoms with van der Waals surface area (Å²) in [7, 11) is 3.38. The molecule has 35 heavy (non-hydrogen) atoms. The minimum absolute atomic E-state index is 0.0437. The molecule has 0 saturated carbocycles. The average molecular weight is 486 g/mol. The first-order valence-corrected chi connectivity index (χ1v) is 11.8. The van der Waals surface area contributed by atoms with E-state index >= 15 is 0 Å². The van der Waals surface area contributed by atoms with Gasteiger partial charge in [-0.25, -0.2) is 9.59 Å². The van der Waals surface area contributed by atoms with Crippen LogP contribution in [0.5, 0.6) is 5.75 Å². The summed E-state index contributed by atoms with van der Waals surface area (Å²) in [6.45, 7) is 4.80. The lowest BCUT2D eigenvalue weighted by Gasteiger charge is -2.23. The SMILES string of the molecule is CCOC(=O)c1oc2cc(OC)c(-c3cnn(C)c3)cc2c1N(CC[C@@H]1CCCO1)C(=O)OCC. The summed E-state index contributed by atoms with van der Waals surface area (Å²) in [5.41, 5.74) is 2.26. The van der Waals surface area contributed by atoms with E-state index in [1.54, 1.807) is 37.9 Å². The molecule has 3 heterocycles. The molecule has 1 amide bonds. The first-order valence-electron chi connectivity index (χ1n) is 11.8. The van der Waals surface area contributed by atoms with Crippen molar-refractivity contribution in [2.75, 3.05) is 38.4 Å². The molecule has 0 radical (unpaired) electrons. The molecule has 0 N–H and O–H groups in total. The zero-order valence-corrected chi connectivity index (χ0v) is 20.5. The zero-order valence-electron chi connectivity index (χ0n) is 20.5. The molecule has 0 bridgehead atoms. The number of fused-ring (bicyclic) bond motifs is 1. The van der Waals surface area contributed by atoms with Crippen molar-refractivity contribution in [2.45, 2.75) is 39.2 Å². The fourth-order valence-corrected chi connectivity index (χ4v) is 4.31. The molecule has 0 spiro atoms. The second-order valence-electron chi connectivity index (χ2n) is 8.23. The highest BCUT2D eigenvalue weighted by Crippen LogP contribution is 2.42. The standard InChI is InChI=1S/C25H31N3O7/c1-5-32-24(29)23-22(28(25(30)33-6-2)10-9-17-8-7-11-34-17)19-12-18(16-14-26-27(3)15-16)20(31-4)13-21(19)35-23/h12-15,17H,5-11H2,1-4H3/t17-/m0/s1. The summed E-state index contributed by atoms with van der Waals surface area (Å²) in [5.74, 6) is -0.178. The lowest BCUT2D eigenvalue weighted by molar-refractivity contribution is 0.0493. The number of anilines is 1. The highest BCUT2D eigenvalue weighted by molar-refractivity contribution is 6.10. The monoisotopic (exact) mass is 485 g/mol. The van der Waals surface area contributed by atoms with E-state index in [4.69, 9.17) is 23.4 Å². The van der Waals surface area contributed by atoms with E-state index in [-0.39, 0.29) is 25.1 Å². The van der Waals surface area contributed by atoms with Gasteiger partial charge in [0.05, 0.1) is 32.6 Å². The third-order valence-corrected chi connectivity index (χ3v) is 5.92. The normalized spacial score (nSPS) is 15.4. The number of hydrogen-bond donors (Lipinski definition) is 0. The Balaban J connectivity index is 1.88. The molecule has 3 aromatic rings. The maximum absolute atomic E-state index is 13.1. The lowest BCUT2D eigenvalue weighted by Crippen LogP contribution is -2.35. The topological polar surface area (TPSA) is 105 Å². The van der Waals surface area contributed by atoms with E-state index in [0.717, 1.165) is 24.0 Å². The number of ether oxygens (including phenoxy) is 4. The van der Waals surface area contributed by atoms with E-state index < -0.39 is 12.1 Å². The second-order valence-corrected chi connectivity index (χ2v) is 8.23. The number of amides is 1. The quantitative estimate of drug-likeness (QED) is 0.407. The molecular weight excluding hydrogens is 454 g/mol. The van der Waals surface area contributed by atoms with Crippen LogP contribution in [0.15, 0.2) is 28.9 Å². The van der Waals surface area contributed by atoms with Gasteiger partial charge < -0.3 is 23.4 Å². The summed E-state index contributed by atoms with van der Waals surface area (Å²) in [5, 5.41) is 4.82. The number of benzene rings is 1. The predicted octanol–water partition coefficient (Wildman–Crippen LogP) is 4.55. The van der Waals surface area contributed by atoms with Crippen molar-refractivity contribution in [3.63, 3.8) is 0 Å². The largest absolute Gasteiger partial charge is 0.496 e.